The van der Waals surface area contributed by atoms with Crippen LogP contribution < -0.4 is 26.8 Å². The van der Waals surface area contributed by atoms with E-state index in [1.54, 1.807) is 13.1 Å². The van der Waals surface area contributed by atoms with Crippen LogP contribution in [0.5, 0.6) is 11.5 Å². The summed E-state index contributed by atoms with van der Waals surface area (Å²) in [6.45, 7) is 5.57. The van der Waals surface area contributed by atoms with Crippen LogP contribution >= 0.6 is 21.6 Å². The summed E-state index contributed by atoms with van der Waals surface area (Å²) in [6, 6.07) is 10.3. The smallest absolute Gasteiger partial charge is 0.188 e. The van der Waals surface area contributed by atoms with Crippen LogP contribution in [0.3, 0.4) is 0 Å². The van der Waals surface area contributed by atoms with E-state index in [4.69, 9.17) is 20.6 Å². The number of ether oxygens (including phenoxy) is 1. The predicted molar refractivity (Wildman–Crippen MR) is 284 cm³/mol. The van der Waals surface area contributed by atoms with Crippen molar-refractivity contribution < 1.29 is 29.6 Å². The number of hydrogen-bond acceptors (Lipinski definition) is 11. The fraction of sp³-hybridized carbons (Fsp3) is 0.732. The summed E-state index contributed by atoms with van der Waals surface area (Å²) in [5.41, 5.74) is 18.7. The predicted octanol–water partition coefficient (Wildman–Crippen LogP) is 8.93. The third-order valence-electron chi connectivity index (χ3n) is 18.7. The third-order valence-corrected chi connectivity index (χ3v) is 21.2. The van der Waals surface area contributed by atoms with Crippen LogP contribution in [-0.2, 0) is 32.3 Å². The largest absolute Gasteiger partial charge is 0.504 e. The zero-order valence-corrected chi connectivity index (χ0v) is 44.0. The van der Waals surface area contributed by atoms with Gasteiger partial charge in [0.25, 0.3) is 0 Å². The maximum absolute atomic E-state index is 11.6. The number of aromatic nitrogens is 1. The third kappa shape index (κ3) is 11.9. The lowest BCUT2D eigenvalue weighted by atomic mass is 9.62. The summed E-state index contributed by atoms with van der Waals surface area (Å²) in [6.07, 6.45) is 19.2. The van der Waals surface area contributed by atoms with Crippen molar-refractivity contribution in [1.29, 1.82) is 0 Å². The first-order chi connectivity index (χ1) is 33.9. The van der Waals surface area contributed by atoms with Gasteiger partial charge in [0.1, 0.15) is 24.2 Å². The topological polar surface area (TPSA) is 208 Å². The van der Waals surface area contributed by atoms with Crippen molar-refractivity contribution in [3.05, 3.63) is 69.9 Å². The number of aromatic amines is 1. The highest BCUT2D eigenvalue weighted by Crippen LogP contribution is 2.60. The van der Waals surface area contributed by atoms with Gasteiger partial charge < -0.3 is 56.7 Å². The highest BCUT2D eigenvalue weighted by molar-refractivity contribution is 8.76. The van der Waals surface area contributed by atoms with E-state index >= 15 is 0 Å². The normalized spacial score (nSPS) is 32.0. The number of furan rings is 1. The van der Waals surface area contributed by atoms with Gasteiger partial charge in [-0.15, -0.1) is 0 Å². The molecule has 1 spiro atoms. The molecule has 1 aromatic carbocycles. The molecule has 2 aromatic heterocycles. The Hall–Kier alpha value is -2.85. The average Bonchev–Trinajstić information content (AvgIpc) is 4.17. The molecule has 4 bridgehead atoms. The zero-order valence-electron chi connectivity index (χ0n) is 42.4. The van der Waals surface area contributed by atoms with E-state index in [-0.39, 0.29) is 25.0 Å². The Morgan fingerprint density at radius 3 is 2.57 bits per heavy atom. The van der Waals surface area contributed by atoms with Crippen LogP contribution in [0.4, 0.5) is 0 Å². The van der Waals surface area contributed by atoms with Gasteiger partial charge in [-0.1, -0.05) is 60.3 Å². The molecule has 1 aliphatic heterocycles. The Morgan fingerprint density at radius 2 is 1.77 bits per heavy atom. The first-order valence-electron chi connectivity index (χ1n) is 27.3. The number of guanidine groups is 1. The lowest BCUT2D eigenvalue weighted by Crippen LogP contribution is -2.48. The minimum atomic E-state index is -0.888. The second-order valence-electron chi connectivity index (χ2n) is 23.0. The molecule has 9 rings (SSSR count). The number of hydrogen-bond donors (Lipinski definition) is 9. The fourth-order valence-electron chi connectivity index (χ4n) is 15.0. The zero-order chi connectivity index (χ0) is 48.9. The lowest BCUT2D eigenvalue weighted by molar-refractivity contribution is 0.0714. The first-order valence-corrected chi connectivity index (χ1v) is 29.8. The van der Waals surface area contributed by atoms with E-state index in [9.17, 15) is 20.4 Å². The summed E-state index contributed by atoms with van der Waals surface area (Å²) in [5, 5.41) is 50.1. The van der Waals surface area contributed by atoms with Crippen LogP contribution in [0.15, 0.2) is 39.7 Å². The molecule has 13 atom stereocenters. The first kappa shape index (κ1) is 52.0. The van der Waals surface area contributed by atoms with Crippen molar-refractivity contribution in [2.45, 2.75) is 166 Å². The van der Waals surface area contributed by atoms with Gasteiger partial charge in [0, 0.05) is 79.4 Å². The molecule has 12 nitrogen and oxygen atoms in total. The summed E-state index contributed by atoms with van der Waals surface area (Å²) in [7, 11) is 5.71. The highest BCUT2D eigenvalue weighted by Gasteiger charge is 2.52. The van der Waals surface area contributed by atoms with Gasteiger partial charge in [-0.25, -0.2) is 0 Å². The Kier molecular flexibility index (Phi) is 17.5. The molecule has 3 aromatic rings. The van der Waals surface area contributed by atoms with Crippen molar-refractivity contribution in [2.75, 3.05) is 38.2 Å². The molecule has 5 fully saturated rings. The van der Waals surface area contributed by atoms with Gasteiger partial charge >= 0.3 is 0 Å². The molecular weight excluding hydrogens is 917 g/mol. The minimum absolute atomic E-state index is 0.0110. The molecule has 70 heavy (non-hydrogen) atoms. The van der Waals surface area contributed by atoms with Crippen LogP contribution in [0.25, 0.3) is 0 Å². The van der Waals surface area contributed by atoms with Gasteiger partial charge in [-0.3, -0.25) is 4.99 Å². The van der Waals surface area contributed by atoms with Crippen LogP contribution in [0.2, 0.25) is 0 Å². The number of aryl methyl sites for hydroxylation is 3. The number of rotatable bonds is 16. The Balaban J connectivity index is 0.805. The molecule has 1 saturated heterocycles. The monoisotopic (exact) mass is 1000 g/mol. The van der Waals surface area contributed by atoms with Crippen LogP contribution in [-0.4, -0.2) is 87.8 Å². The second-order valence-corrected chi connectivity index (χ2v) is 25.6. The Bertz CT molecular complexity index is 2190. The molecule has 5 aliphatic carbocycles. The maximum Gasteiger partial charge on any atom is 0.188 e. The second kappa shape index (κ2) is 23.6. The summed E-state index contributed by atoms with van der Waals surface area (Å²) in [4.78, 5) is 7.90. The van der Waals surface area contributed by atoms with Gasteiger partial charge in [-0.2, -0.15) is 0 Å². The van der Waals surface area contributed by atoms with Gasteiger partial charge in [-0.05, 0) is 172 Å². The van der Waals surface area contributed by atoms with Crippen molar-refractivity contribution in [1.82, 2.24) is 15.6 Å². The van der Waals surface area contributed by atoms with Crippen LogP contribution in [0, 0.1) is 52.8 Å². The number of fused-ring (bicyclic) bond motifs is 3. The molecule has 11 N–H and O–H groups in total. The Labute approximate surface area is 425 Å². The van der Waals surface area contributed by atoms with Gasteiger partial charge in [0.15, 0.2) is 17.5 Å². The lowest BCUT2D eigenvalue weighted by Gasteiger charge is -2.46. The molecule has 6 aliphatic rings. The standard InChI is InChI=1S/C56H86N6O6S2/c1-33-9-15-40-37-21-35(11-16-41(40)45(47(57)24-37)31-69-70-32-50(33)62-55(58)59-3)13-18-53-38(29-63)23-39(68-53)14-10-36-12-17-51(65)54(22-36)67-30-52(66)48-25-43-44(28-60-27-34(2)64)42-7-6-8-46(42)56(19-4-5-20-56)26-49(43)61-48/h12,17,22-23,25,33-35,37,40-42,44-47,50,52,60-61,63-66H,4-11,13-16,18-21,24,26-32,57H2,1-3H3,(H3,58,59,62)/t33-,34-,35+,37+,40-,41+,42-,44-,45+,46-,47+,50+,52-/m0/s1. The molecule has 0 unspecified atom stereocenters. The number of aliphatic hydroxyl groups is 3. The SMILES string of the molecule is CN=C(N)N[C@@H]1CSSC[C@@H]2[C@@H]3CC[C@H](CCc4oc(CCc5ccc(O)c(OC[C@H](O)c6cc7c([nH]6)CC6(CCCC6)[C@H]6CCC[C@H]6[C@@H]7CNC[C@H](C)O)c5)cc4CO)C[C@H](C[C@H]2N)[C@@H]3CC[C@@H]1C. The number of nitrogens with one attached hydrogen (secondary N) is 3. The molecule has 14 heteroatoms. The molecule has 0 amide bonds. The van der Waals surface area contributed by atoms with Gasteiger partial charge in [0.2, 0.25) is 0 Å². The number of aliphatic imine (C=N–C) groups is 1. The van der Waals surface area contributed by atoms with E-state index in [1.165, 1.54) is 88.3 Å². The molecule has 0 radical (unpaired) electrons. The number of nitrogens with two attached hydrogens (primary N) is 2. The van der Waals surface area contributed by atoms with Crippen molar-refractivity contribution in [3.8, 4) is 11.5 Å². The molecular formula is C56H86N6O6S2. The van der Waals surface area contributed by atoms with E-state index < -0.39 is 12.2 Å². The quantitative estimate of drug-likeness (QED) is 0.0375. The Morgan fingerprint density at radius 1 is 0.957 bits per heavy atom. The number of nitrogens with zero attached hydrogens (tertiary/aromatic N) is 1. The average molecular weight is 1000 g/mol. The maximum atomic E-state index is 11.6. The summed E-state index contributed by atoms with van der Waals surface area (Å²) < 4.78 is 12.7. The van der Waals surface area contributed by atoms with E-state index in [2.05, 4.69) is 33.6 Å². The van der Waals surface area contributed by atoms with Crippen molar-refractivity contribution >= 4 is 27.5 Å². The minimum Gasteiger partial charge on any atom is -0.504 e. The van der Waals surface area contributed by atoms with E-state index in [0.717, 1.165) is 78.0 Å². The number of aliphatic hydroxyl groups excluding tert-OH is 3. The van der Waals surface area contributed by atoms with E-state index in [1.807, 2.05) is 46.7 Å². The fourth-order valence-corrected chi connectivity index (χ4v) is 17.9. The highest BCUT2D eigenvalue weighted by atomic mass is 33.1. The van der Waals surface area contributed by atoms with Gasteiger partial charge in [0.05, 0.1) is 12.7 Å². The van der Waals surface area contributed by atoms with Crippen molar-refractivity contribution in [3.63, 3.8) is 0 Å². The van der Waals surface area contributed by atoms with Crippen LogP contribution in [0.1, 0.15) is 155 Å². The summed E-state index contributed by atoms with van der Waals surface area (Å²) in [5.74, 6) is 10.2. The van der Waals surface area contributed by atoms with Crippen molar-refractivity contribution in [2.24, 2.45) is 69.2 Å². The number of benzene rings is 1. The molecule has 3 heterocycles. The molecule has 4 saturated carbocycles. The summed E-state index contributed by atoms with van der Waals surface area (Å²) >= 11 is 0. The molecule has 388 valence electrons. The number of H-pyrrole nitrogens is 1. The number of phenols is 1. The van der Waals surface area contributed by atoms with E-state index in [0.29, 0.717) is 89.9 Å². The number of aromatic hydroxyl groups is 1. The number of phenolic OH excluding ortho intramolecular Hbond substituents is 1.